The molecule has 0 atom stereocenters. The van der Waals surface area contributed by atoms with Gasteiger partial charge in [0.1, 0.15) is 0 Å². The molecule has 1 aromatic rings. The molecule has 0 spiro atoms. The highest BCUT2D eigenvalue weighted by Gasteiger charge is 2.33. The number of likely N-dealkylation sites (tertiary alicyclic amines) is 1. The van der Waals surface area contributed by atoms with Gasteiger partial charge in [-0.3, -0.25) is 9.69 Å². The molecule has 0 saturated carbocycles. The molecule has 3 nitrogen and oxygen atoms in total. The fourth-order valence-corrected chi connectivity index (χ4v) is 3.72. The number of carbonyl (C=O) groups is 1. The van der Waals surface area contributed by atoms with Gasteiger partial charge >= 0.3 is 6.18 Å². The van der Waals surface area contributed by atoms with Gasteiger partial charge in [-0.05, 0) is 37.1 Å². The van der Waals surface area contributed by atoms with Gasteiger partial charge in [-0.15, -0.1) is 11.3 Å². The molecule has 2 heterocycles. The number of hydrogen-bond donors (Lipinski definition) is 0. The van der Waals surface area contributed by atoms with Crippen LogP contribution in [0.4, 0.5) is 13.2 Å². The minimum atomic E-state index is -4.14. The highest BCUT2D eigenvalue weighted by Crippen LogP contribution is 2.22. The largest absolute Gasteiger partial charge is 0.401 e. The number of halogens is 3. The van der Waals surface area contributed by atoms with Crippen molar-refractivity contribution in [3.8, 4) is 0 Å². The van der Waals surface area contributed by atoms with Crippen LogP contribution in [0.2, 0.25) is 0 Å². The summed E-state index contributed by atoms with van der Waals surface area (Å²) >= 11 is 1.69. The normalized spacial score (nSPS) is 17.4. The summed E-state index contributed by atoms with van der Waals surface area (Å²) in [5, 5.41) is 2.03. The summed E-state index contributed by atoms with van der Waals surface area (Å²) in [6, 6.07) is 4.13. The van der Waals surface area contributed by atoms with E-state index in [4.69, 9.17) is 0 Å². The van der Waals surface area contributed by atoms with Crippen LogP contribution in [0.15, 0.2) is 17.5 Å². The van der Waals surface area contributed by atoms with Crippen LogP contribution in [-0.2, 0) is 11.2 Å². The summed E-state index contributed by atoms with van der Waals surface area (Å²) in [6.45, 7) is -0.0494. The molecule has 7 heteroatoms. The first-order valence-electron chi connectivity index (χ1n) is 7.92. The third kappa shape index (κ3) is 6.14. The lowest BCUT2D eigenvalue weighted by Gasteiger charge is -2.37. The van der Waals surface area contributed by atoms with Crippen molar-refractivity contribution in [3.63, 3.8) is 0 Å². The average molecular weight is 348 g/mol. The molecule has 0 unspecified atom stereocenters. The van der Waals surface area contributed by atoms with E-state index >= 15 is 0 Å². The summed E-state index contributed by atoms with van der Waals surface area (Å²) < 4.78 is 37.1. The second-order valence-electron chi connectivity index (χ2n) is 6.06. The highest BCUT2D eigenvalue weighted by molar-refractivity contribution is 7.09. The summed E-state index contributed by atoms with van der Waals surface area (Å²) in [7, 11) is 1.78. The van der Waals surface area contributed by atoms with E-state index in [1.807, 2.05) is 11.4 Å². The van der Waals surface area contributed by atoms with Gasteiger partial charge < -0.3 is 4.90 Å². The van der Waals surface area contributed by atoms with Crippen molar-refractivity contribution in [1.82, 2.24) is 9.80 Å². The van der Waals surface area contributed by atoms with E-state index in [1.165, 1.54) is 9.78 Å². The molecule has 2 rings (SSSR count). The molecule has 0 radical (unpaired) electrons. The molecule has 130 valence electrons. The Kier molecular flexibility index (Phi) is 6.47. The Morgan fingerprint density at radius 3 is 2.65 bits per heavy atom. The molecule has 1 fully saturated rings. The minimum absolute atomic E-state index is 0.0636. The predicted octanol–water partition coefficient (Wildman–Crippen LogP) is 3.56. The number of rotatable bonds is 6. The molecule has 1 saturated heterocycles. The Hall–Kier alpha value is -1.08. The Balaban J connectivity index is 1.69. The molecule has 0 aromatic carbocycles. The van der Waals surface area contributed by atoms with Gasteiger partial charge in [0, 0.05) is 37.5 Å². The number of alkyl halides is 3. The molecule has 1 aromatic heterocycles. The Labute approximate surface area is 139 Å². The summed E-state index contributed by atoms with van der Waals surface area (Å²) in [4.78, 5) is 16.7. The lowest BCUT2D eigenvalue weighted by molar-refractivity contribution is -0.150. The lowest BCUT2D eigenvalue weighted by atomic mass is 10.0. The standard InChI is InChI=1S/C16H23F3N2OS/c1-20(15(22)6-2-4-14-5-3-11-23-14)13-7-9-21(10-8-13)12-16(17,18)19/h3,5,11,13H,2,4,6-10,12H2,1H3. The molecular weight excluding hydrogens is 325 g/mol. The molecule has 23 heavy (non-hydrogen) atoms. The van der Waals surface area contributed by atoms with E-state index in [9.17, 15) is 18.0 Å². The Bertz CT molecular complexity index is 482. The Morgan fingerprint density at radius 2 is 2.09 bits per heavy atom. The van der Waals surface area contributed by atoms with Crippen LogP contribution in [0, 0.1) is 0 Å². The molecule has 1 aliphatic heterocycles. The molecule has 0 bridgehead atoms. The maximum atomic E-state index is 12.4. The maximum absolute atomic E-state index is 12.4. The molecule has 0 aliphatic carbocycles. The SMILES string of the molecule is CN(C(=O)CCCc1cccs1)C1CCN(CC(F)(F)F)CC1. The smallest absolute Gasteiger partial charge is 0.343 e. The van der Waals surface area contributed by atoms with E-state index < -0.39 is 12.7 Å². The van der Waals surface area contributed by atoms with Crippen LogP contribution < -0.4 is 0 Å². The van der Waals surface area contributed by atoms with Gasteiger partial charge in [-0.2, -0.15) is 13.2 Å². The highest BCUT2D eigenvalue weighted by atomic mass is 32.1. The maximum Gasteiger partial charge on any atom is 0.401 e. The molecule has 1 amide bonds. The number of thiophene rings is 1. The summed E-state index contributed by atoms with van der Waals surface area (Å²) in [5.41, 5.74) is 0. The second kappa shape index (κ2) is 8.15. The van der Waals surface area contributed by atoms with Crippen molar-refractivity contribution in [2.45, 2.75) is 44.3 Å². The van der Waals surface area contributed by atoms with Gasteiger partial charge in [0.05, 0.1) is 6.54 Å². The van der Waals surface area contributed by atoms with Gasteiger partial charge in [-0.25, -0.2) is 0 Å². The predicted molar refractivity (Wildman–Crippen MR) is 85.5 cm³/mol. The molecule has 0 N–H and O–H groups in total. The van der Waals surface area contributed by atoms with Crippen LogP contribution in [-0.4, -0.2) is 54.6 Å². The number of amides is 1. The lowest BCUT2D eigenvalue weighted by Crippen LogP contribution is -2.47. The first-order valence-corrected chi connectivity index (χ1v) is 8.80. The van der Waals surface area contributed by atoms with Crippen LogP contribution in [0.5, 0.6) is 0 Å². The topological polar surface area (TPSA) is 23.6 Å². The van der Waals surface area contributed by atoms with Gasteiger partial charge in [0.2, 0.25) is 5.91 Å². The fourth-order valence-electron chi connectivity index (χ4n) is 2.97. The fraction of sp³-hybridized carbons (Fsp3) is 0.688. The van der Waals surface area contributed by atoms with Crippen LogP contribution in [0.3, 0.4) is 0 Å². The zero-order chi connectivity index (χ0) is 16.9. The van der Waals surface area contributed by atoms with Crippen LogP contribution >= 0.6 is 11.3 Å². The van der Waals surface area contributed by atoms with E-state index in [0.717, 1.165) is 12.8 Å². The quantitative estimate of drug-likeness (QED) is 0.785. The third-order valence-corrected chi connectivity index (χ3v) is 5.23. The van der Waals surface area contributed by atoms with Crippen LogP contribution in [0.25, 0.3) is 0 Å². The average Bonchev–Trinajstić information content (AvgIpc) is 2.99. The first kappa shape index (κ1) is 18.3. The van der Waals surface area contributed by atoms with Crippen molar-refractivity contribution >= 4 is 17.2 Å². The van der Waals surface area contributed by atoms with E-state index in [0.29, 0.717) is 32.4 Å². The van der Waals surface area contributed by atoms with E-state index in [1.54, 1.807) is 23.3 Å². The number of carbonyl (C=O) groups excluding carboxylic acids is 1. The van der Waals surface area contributed by atoms with Crippen molar-refractivity contribution in [1.29, 1.82) is 0 Å². The monoisotopic (exact) mass is 348 g/mol. The van der Waals surface area contributed by atoms with Crippen molar-refractivity contribution in [2.75, 3.05) is 26.7 Å². The zero-order valence-electron chi connectivity index (χ0n) is 13.3. The number of piperidine rings is 1. The Morgan fingerprint density at radius 1 is 1.39 bits per heavy atom. The van der Waals surface area contributed by atoms with Gasteiger partial charge in [-0.1, -0.05) is 6.07 Å². The van der Waals surface area contributed by atoms with Crippen molar-refractivity contribution < 1.29 is 18.0 Å². The number of aryl methyl sites for hydroxylation is 1. The first-order chi connectivity index (χ1) is 10.8. The summed E-state index contributed by atoms with van der Waals surface area (Å²) in [5.74, 6) is 0.0934. The van der Waals surface area contributed by atoms with Crippen LogP contribution in [0.1, 0.15) is 30.6 Å². The van der Waals surface area contributed by atoms with Crippen molar-refractivity contribution in [2.24, 2.45) is 0 Å². The summed E-state index contributed by atoms with van der Waals surface area (Å²) in [6.07, 6.45) is -0.697. The number of nitrogens with zero attached hydrogens (tertiary/aromatic N) is 2. The zero-order valence-corrected chi connectivity index (χ0v) is 14.1. The number of hydrogen-bond acceptors (Lipinski definition) is 3. The van der Waals surface area contributed by atoms with Gasteiger partial charge in [0.25, 0.3) is 0 Å². The van der Waals surface area contributed by atoms with E-state index in [2.05, 4.69) is 6.07 Å². The molecular formula is C16H23F3N2OS. The van der Waals surface area contributed by atoms with Gasteiger partial charge in [0.15, 0.2) is 0 Å². The third-order valence-electron chi connectivity index (χ3n) is 4.30. The molecule has 1 aliphatic rings. The second-order valence-corrected chi connectivity index (χ2v) is 7.09. The minimum Gasteiger partial charge on any atom is -0.343 e. The van der Waals surface area contributed by atoms with E-state index in [-0.39, 0.29) is 11.9 Å². The van der Waals surface area contributed by atoms with Crippen molar-refractivity contribution in [3.05, 3.63) is 22.4 Å².